The number of carbonyl (C=O) groups excluding carboxylic acids is 1. The largest absolute Gasteiger partial charge is 0.478 e. The van der Waals surface area contributed by atoms with Gasteiger partial charge in [0.05, 0.1) is 27.4 Å². The Morgan fingerprint density at radius 1 is 0.867 bits per heavy atom. The summed E-state index contributed by atoms with van der Waals surface area (Å²) >= 11 is 5.97. The molecule has 0 atom stereocenters. The van der Waals surface area contributed by atoms with Gasteiger partial charge in [-0.3, -0.25) is 4.72 Å². The van der Waals surface area contributed by atoms with Crippen molar-refractivity contribution in [2.24, 2.45) is 0 Å². The predicted molar refractivity (Wildman–Crippen MR) is 111 cm³/mol. The minimum absolute atomic E-state index is 0.0203. The van der Waals surface area contributed by atoms with Crippen molar-refractivity contribution in [3.63, 3.8) is 0 Å². The first kappa shape index (κ1) is 21.2. The summed E-state index contributed by atoms with van der Waals surface area (Å²) in [7, 11) is -3.88. The molecule has 0 aliphatic rings. The third kappa shape index (κ3) is 5.07. The highest BCUT2D eigenvalue weighted by Gasteiger charge is 2.17. The number of hydrogen-bond acceptors (Lipinski definition) is 6. The second-order valence-electron chi connectivity index (χ2n) is 5.98. The third-order valence-corrected chi connectivity index (χ3v) is 5.52. The Bertz CT molecular complexity index is 1180. The fourth-order valence-electron chi connectivity index (χ4n) is 2.40. The van der Waals surface area contributed by atoms with Gasteiger partial charge in [-0.2, -0.15) is 0 Å². The molecular weight excluding hydrogens is 432 g/mol. The molecule has 0 radical (unpaired) electrons. The van der Waals surface area contributed by atoms with Crippen molar-refractivity contribution in [3.05, 3.63) is 88.9 Å². The number of hydrogen-bond donors (Lipinski definition) is 3. The lowest BCUT2D eigenvalue weighted by atomic mass is 10.1. The average molecular weight is 447 g/mol. The van der Waals surface area contributed by atoms with Crippen LogP contribution in [0, 0.1) is 0 Å². The fraction of sp³-hybridized carbons (Fsp3) is 0. The first-order valence-corrected chi connectivity index (χ1v) is 10.3. The number of rotatable bonds is 7. The van der Waals surface area contributed by atoms with Gasteiger partial charge in [0.2, 0.25) is 0 Å². The van der Waals surface area contributed by atoms with Gasteiger partial charge in [-0.15, -0.1) is 0 Å². The number of carbonyl (C=O) groups is 2. The Balaban J connectivity index is 1.77. The van der Waals surface area contributed by atoms with E-state index in [-0.39, 0.29) is 32.4 Å². The molecule has 10 heteroatoms. The van der Waals surface area contributed by atoms with Crippen LogP contribution >= 0.6 is 11.6 Å². The molecular formula is C20H15ClN2O6S. The Morgan fingerprint density at radius 3 is 2.13 bits per heavy atom. The third-order valence-electron chi connectivity index (χ3n) is 3.90. The van der Waals surface area contributed by atoms with Crippen LogP contribution in [-0.4, -0.2) is 25.5 Å². The molecule has 0 heterocycles. The van der Waals surface area contributed by atoms with Gasteiger partial charge < -0.3 is 9.94 Å². The molecule has 154 valence electrons. The maximum Gasteiger partial charge on any atom is 0.362 e. The molecule has 0 saturated heterocycles. The SMILES string of the molecule is O=C(O)c1ccc(C(=O)ONc2cc(Cl)ccc2NS(=O)(=O)c2ccccc2)cc1. The molecule has 0 unspecified atom stereocenters. The van der Waals surface area contributed by atoms with Crippen LogP contribution in [-0.2, 0) is 14.9 Å². The number of sulfonamides is 1. The molecule has 0 bridgehead atoms. The molecule has 30 heavy (non-hydrogen) atoms. The van der Waals surface area contributed by atoms with Crippen LogP contribution in [0.3, 0.4) is 0 Å². The maximum absolute atomic E-state index is 12.6. The topological polar surface area (TPSA) is 122 Å². The van der Waals surface area contributed by atoms with Crippen molar-refractivity contribution in [2.75, 3.05) is 10.2 Å². The molecule has 0 spiro atoms. The zero-order chi connectivity index (χ0) is 21.7. The first-order valence-electron chi connectivity index (χ1n) is 8.44. The van der Waals surface area contributed by atoms with E-state index in [1.807, 2.05) is 0 Å². The number of carboxylic acids is 1. The number of carboxylic acid groups (broad SMARTS) is 1. The summed E-state index contributed by atoms with van der Waals surface area (Å²) in [6, 6.07) is 17.1. The van der Waals surface area contributed by atoms with Crippen molar-refractivity contribution in [1.82, 2.24) is 0 Å². The summed E-state index contributed by atoms with van der Waals surface area (Å²) in [6.45, 7) is 0. The maximum atomic E-state index is 12.6. The van der Waals surface area contributed by atoms with E-state index in [0.29, 0.717) is 0 Å². The second-order valence-corrected chi connectivity index (χ2v) is 8.10. The van der Waals surface area contributed by atoms with Crippen molar-refractivity contribution in [2.45, 2.75) is 4.90 Å². The molecule has 0 saturated carbocycles. The summed E-state index contributed by atoms with van der Waals surface area (Å²) < 4.78 is 27.5. The Hall–Kier alpha value is -3.56. The highest BCUT2D eigenvalue weighted by Crippen LogP contribution is 2.28. The predicted octanol–water partition coefficient (Wildman–Crippen LogP) is 4.02. The average Bonchev–Trinajstić information content (AvgIpc) is 2.74. The van der Waals surface area contributed by atoms with Crippen molar-refractivity contribution < 1.29 is 28.0 Å². The Morgan fingerprint density at radius 2 is 1.50 bits per heavy atom. The minimum Gasteiger partial charge on any atom is -0.478 e. The van der Waals surface area contributed by atoms with E-state index in [4.69, 9.17) is 21.5 Å². The lowest BCUT2D eigenvalue weighted by Gasteiger charge is -2.14. The fourth-order valence-corrected chi connectivity index (χ4v) is 3.68. The van der Waals surface area contributed by atoms with Crippen LogP contribution in [0.4, 0.5) is 11.4 Å². The Kier molecular flexibility index (Phi) is 6.24. The number of nitrogens with one attached hydrogen (secondary N) is 2. The van der Waals surface area contributed by atoms with Gasteiger partial charge in [0.15, 0.2) is 0 Å². The van der Waals surface area contributed by atoms with Crippen LogP contribution < -0.4 is 10.2 Å². The normalized spacial score (nSPS) is 10.8. The summed E-state index contributed by atoms with van der Waals surface area (Å²) in [5.41, 5.74) is 2.72. The summed E-state index contributed by atoms with van der Waals surface area (Å²) in [6.07, 6.45) is 0. The first-order chi connectivity index (χ1) is 14.3. The monoisotopic (exact) mass is 446 g/mol. The summed E-state index contributed by atoms with van der Waals surface area (Å²) in [5.74, 6) is -1.92. The molecule has 0 aromatic heterocycles. The van der Waals surface area contributed by atoms with E-state index in [0.717, 1.165) is 0 Å². The molecule has 3 aromatic carbocycles. The van der Waals surface area contributed by atoms with Crippen LogP contribution in [0.1, 0.15) is 20.7 Å². The standard InChI is InChI=1S/C20H15ClN2O6S/c21-15-10-11-17(23-30(27,28)16-4-2-1-3-5-16)18(12-15)22-29-20(26)14-8-6-13(7-9-14)19(24)25/h1-12,22-23H,(H,24,25). The number of benzene rings is 3. The van der Waals surface area contributed by atoms with E-state index >= 15 is 0 Å². The van der Waals surface area contributed by atoms with Crippen LogP contribution in [0.2, 0.25) is 5.02 Å². The zero-order valence-corrected chi connectivity index (χ0v) is 16.8. The van der Waals surface area contributed by atoms with Gasteiger partial charge in [0, 0.05) is 5.02 Å². The van der Waals surface area contributed by atoms with Crippen LogP contribution in [0.15, 0.2) is 77.7 Å². The van der Waals surface area contributed by atoms with E-state index in [2.05, 4.69) is 10.2 Å². The highest BCUT2D eigenvalue weighted by atomic mass is 35.5. The number of aromatic carboxylic acids is 1. The van der Waals surface area contributed by atoms with Crippen LogP contribution in [0.25, 0.3) is 0 Å². The van der Waals surface area contributed by atoms with Crippen molar-refractivity contribution >= 4 is 44.9 Å². The van der Waals surface area contributed by atoms with E-state index in [1.165, 1.54) is 54.6 Å². The lowest BCUT2D eigenvalue weighted by Crippen LogP contribution is -2.16. The number of halogens is 1. The molecule has 0 aliphatic carbocycles. The lowest BCUT2D eigenvalue weighted by molar-refractivity contribution is 0.0594. The van der Waals surface area contributed by atoms with E-state index < -0.39 is 22.0 Å². The molecule has 0 fully saturated rings. The molecule has 3 N–H and O–H groups in total. The summed E-state index contributed by atoms with van der Waals surface area (Å²) in [4.78, 5) is 28.1. The molecule has 0 amide bonds. The van der Waals surface area contributed by atoms with Gasteiger partial charge in [0.1, 0.15) is 0 Å². The summed E-state index contributed by atoms with van der Waals surface area (Å²) in [5, 5.41) is 9.18. The van der Waals surface area contributed by atoms with Gasteiger partial charge >= 0.3 is 11.9 Å². The van der Waals surface area contributed by atoms with E-state index in [1.54, 1.807) is 18.2 Å². The van der Waals surface area contributed by atoms with Crippen molar-refractivity contribution in [1.29, 1.82) is 0 Å². The van der Waals surface area contributed by atoms with Gasteiger partial charge in [0.25, 0.3) is 10.0 Å². The number of anilines is 2. The van der Waals surface area contributed by atoms with Crippen molar-refractivity contribution in [3.8, 4) is 0 Å². The molecule has 3 rings (SSSR count). The quantitative estimate of drug-likeness (QED) is 0.468. The smallest absolute Gasteiger partial charge is 0.362 e. The van der Waals surface area contributed by atoms with Gasteiger partial charge in [-0.05, 0) is 54.6 Å². The second kappa shape index (κ2) is 8.85. The Labute approximate surface area is 177 Å². The highest BCUT2D eigenvalue weighted by molar-refractivity contribution is 7.92. The van der Waals surface area contributed by atoms with Gasteiger partial charge in [-0.25, -0.2) is 23.5 Å². The van der Waals surface area contributed by atoms with Gasteiger partial charge in [-0.1, -0.05) is 29.8 Å². The minimum atomic E-state index is -3.88. The molecule has 3 aromatic rings. The van der Waals surface area contributed by atoms with E-state index in [9.17, 15) is 18.0 Å². The van der Waals surface area contributed by atoms with Crippen LogP contribution in [0.5, 0.6) is 0 Å². The molecule has 0 aliphatic heterocycles. The zero-order valence-electron chi connectivity index (χ0n) is 15.2. The molecule has 8 nitrogen and oxygen atoms in total.